The van der Waals surface area contributed by atoms with Gasteiger partial charge in [0.25, 0.3) is 0 Å². The first kappa shape index (κ1) is 33.4. The van der Waals surface area contributed by atoms with Gasteiger partial charge in [-0.1, -0.05) is 109 Å². The van der Waals surface area contributed by atoms with Crippen molar-refractivity contribution in [1.29, 1.82) is 0 Å². The van der Waals surface area contributed by atoms with Gasteiger partial charge in [-0.05, 0) is 140 Å². The molecule has 0 unspecified atom stereocenters. The Labute approximate surface area is 321 Å². The Morgan fingerprint density at radius 2 is 0.327 bits per heavy atom. The highest BCUT2D eigenvalue weighted by Gasteiger charge is 2.14. The molecule has 0 spiro atoms. The lowest BCUT2D eigenvalue weighted by molar-refractivity contribution is 1.28. The third-order valence-electron chi connectivity index (χ3n) is 10.1. The van der Waals surface area contributed by atoms with Gasteiger partial charge in [0.2, 0.25) is 0 Å². The molecule has 3 heterocycles. The molecule has 9 aromatic rings. The fourth-order valence-electron chi connectivity index (χ4n) is 7.05. The second-order valence-corrected chi connectivity index (χ2v) is 13.4. The number of hydrogen-bond acceptors (Lipinski definition) is 4. The molecule has 0 fully saturated rings. The average Bonchev–Trinajstić information content (AvgIpc) is 3.28. The van der Waals surface area contributed by atoms with Gasteiger partial charge in [-0.25, -0.2) is 0 Å². The summed E-state index contributed by atoms with van der Waals surface area (Å²) in [4.78, 5) is 14.8. The van der Waals surface area contributed by atoms with Crippen LogP contribution in [0.1, 0.15) is 0 Å². The molecule has 4 nitrogen and oxygen atoms in total. The highest BCUT2D eigenvalue weighted by atomic mass is 15.1. The van der Waals surface area contributed by atoms with Gasteiger partial charge in [-0.3, -0.25) is 15.0 Å². The standard InChI is InChI=1S/C51H36N4/c1-7-40(46-25-31-52-32-26-46)8-2-37(1)43-13-19-49(20-14-43)55(50-21-15-44(16-22-50)38-3-9-41(10-4-38)47-27-33-53-34-28-47)51-23-17-45(18-24-51)39-5-11-42(12-6-39)48-29-35-54-36-30-48/h1-36H. The van der Waals surface area contributed by atoms with Crippen LogP contribution < -0.4 is 4.90 Å². The van der Waals surface area contributed by atoms with Crippen molar-refractivity contribution >= 4 is 17.1 Å². The maximum atomic E-state index is 4.16. The Morgan fingerprint density at radius 1 is 0.182 bits per heavy atom. The van der Waals surface area contributed by atoms with E-state index in [1.165, 1.54) is 50.1 Å². The molecular formula is C51H36N4. The topological polar surface area (TPSA) is 41.9 Å². The van der Waals surface area contributed by atoms with Crippen molar-refractivity contribution in [2.24, 2.45) is 0 Å². The monoisotopic (exact) mass is 704 g/mol. The van der Waals surface area contributed by atoms with Crippen molar-refractivity contribution in [3.8, 4) is 66.8 Å². The molecule has 9 rings (SSSR count). The first-order valence-electron chi connectivity index (χ1n) is 18.4. The minimum atomic E-state index is 1.08. The van der Waals surface area contributed by atoms with E-state index in [4.69, 9.17) is 0 Å². The van der Waals surface area contributed by atoms with Crippen LogP contribution in [0, 0.1) is 0 Å². The molecule has 0 bridgehead atoms. The fraction of sp³-hybridized carbons (Fsp3) is 0. The van der Waals surface area contributed by atoms with Crippen LogP contribution in [0.3, 0.4) is 0 Å². The van der Waals surface area contributed by atoms with Crippen LogP contribution in [-0.2, 0) is 0 Å². The van der Waals surface area contributed by atoms with E-state index in [1.807, 2.05) is 73.6 Å². The van der Waals surface area contributed by atoms with Crippen LogP contribution in [0.2, 0.25) is 0 Å². The zero-order valence-corrected chi connectivity index (χ0v) is 30.1. The number of rotatable bonds is 9. The third-order valence-corrected chi connectivity index (χ3v) is 10.1. The molecule has 4 heteroatoms. The Bertz CT molecular complexity index is 2310. The average molecular weight is 705 g/mol. The quantitative estimate of drug-likeness (QED) is 0.150. The normalized spacial score (nSPS) is 10.9. The first-order chi connectivity index (χ1) is 27.2. The summed E-state index contributed by atoms with van der Waals surface area (Å²) in [6.07, 6.45) is 11.0. The molecule has 0 aliphatic rings. The molecule has 0 amide bonds. The lowest BCUT2D eigenvalue weighted by atomic mass is 9.99. The van der Waals surface area contributed by atoms with E-state index in [0.29, 0.717) is 0 Å². The van der Waals surface area contributed by atoms with E-state index in [0.717, 1.165) is 33.8 Å². The van der Waals surface area contributed by atoms with E-state index in [1.54, 1.807) is 0 Å². The summed E-state index contributed by atoms with van der Waals surface area (Å²) in [7, 11) is 0. The largest absolute Gasteiger partial charge is 0.311 e. The van der Waals surface area contributed by atoms with Gasteiger partial charge in [0.1, 0.15) is 0 Å². The van der Waals surface area contributed by atoms with Gasteiger partial charge < -0.3 is 4.90 Å². The van der Waals surface area contributed by atoms with Crippen LogP contribution in [0.15, 0.2) is 219 Å². The number of pyridine rings is 3. The zero-order chi connectivity index (χ0) is 36.8. The van der Waals surface area contributed by atoms with E-state index in [9.17, 15) is 0 Å². The van der Waals surface area contributed by atoms with Crippen LogP contribution in [0.4, 0.5) is 17.1 Å². The van der Waals surface area contributed by atoms with Crippen molar-refractivity contribution < 1.29 is 0 Å². The van der Waals surface area contributed by atoms with Crippen molar-refractivity contribution in [2.75, 3.05) is 4.90 Å². The Morgan fingerprint density at radius 3 is 0.509 bits per heavy atom. The second kappa shape index (κ2) is 15.3. The number of anilines is 3. The van der Waals surface area contributed by atoms with E-state index >= 15 is 0 Å². The summed E-state index contributed by atoms with van der Waals surface area (Å²) >= 11 is 0. The molecule has 0 saturated carbocycles. The molecule has 6 aromatic carbocycles. The van der Waals surface area contributed by atoms with Gasteiger partial charge in [-0.2, -0.15) is 0 Å². The maximum Gasteiger partial charge on any atom is 0.0462 e. The smallest absolute Gasteiger partial charge is 0.0462 e. The van der Waals surface area contributed by atoms with Gasteiger partial charge in [-0.15, -0.1) is 0 Å². The molecule has 0 aliphatic heterocycles. The minimum absolute atomic E-state index is 1.08. The zero-order valence-electron chi connectivity index (χ0n) is 30.1. The van der Waals surface area contributed by atoms with Crippen LogP contribution in [0.25, 0.3) is 66.8 Å². The predicted octanol–water partition coefficient (Wildman–Crippen LogP) is 13.3. The number of aromatic nitrogens is 3. The van der Waals surface area contributed by atoms with Gasteiger partial charge >= 0.3 is 0 Å². The highest BCUT2D eigenvalue weighted by Crippen LogP contribution is 2.38. The maximum absolute atomic E-state index is 4.16. The third kappa shape index (κ3) is 7.30. The lowest BCUT2D eigenvalue weighted by Crippen LogP contribution is -2.09. The number of hydrogen-bond donors (Lipinski definition) is 0. The summed E-state index contributed by atoms with van der Waals surface area (Å²) in [5.41, 5.74) is 17.3. The lowest BCUT2D eigenvalue weighted by Gasteiger charge is -2.26. The van der Waals surface area contributed by atoms with Gasteiger partial charge in [0.05, 0.1) is 0 Å². The van der Waals surface area contributed by atoms with E-state index < -0.39 is 0 Å². The van der Waals surface area contributed by atoms with Gasteiger partial charge in [0, 0.05) is 54.2 Å². The predicted molar refractivity (Wildman–Crippen MR) is 227 cm³/mol. The fourth-order valence-corrected chi connectivity index (χ4v) is 7.05. The Kier molecular flexibility index (Phi) is 9.28. The number of benzene rings is 6. The Balaban J connectivity index is 1.02. The molecular weight excluding hydrogens is 669 g/mol. The first-order valence-corrected chi connectivity index (χ1v) is 18.4. The SMILES string of the molecule is c1cc(-c2ccc(-c3ccc(N(c4ccc(-c5ccc(-c6ccncc6)cc5)cc4)c4ccc(-c5ccc(-c6ccncc6)cc5)cc4)cc3)cc2)ccn1. The summed E-state index contributed by atoms with van der Waals surface area (Å²) in [5, 5.41) is 0. The molecule has 0 atom stereocenters. The van der Waals surface area contributed by atoms with Crippen molar-refractivity contribution in [3.63, 3.8) is 0 Å². The summed E-state index contributed by atoms with van der Waals surface area (Å²) < 4.78 is 0. The molecule has 3 aromatic heterocycles. The number of nitrogens with zero attached hydrogens (tertiary/aromatic N) is 4. The van der Waals surface area contributed by atoms with Crippen LogP contribution in [-0.4, -0.2) is 15.0 Å². The summed E-state index contributed by atoms with van der Waals surface area (Å²) in [6.45, 7) is 0. The summed E-state index contributed by atoms with van der Waals surface area (Å²) in [6, 6.07) is 64.9. The molecule has 0 N–H and O–H groups in total. The summed E-state index contributed by atoms with van der Waals surface area (Å²) in [5.74, 6) is 0. The molecule has 0 aliphatic carbocycles. The van der Waals surface area contributed by atoms with Crippen molar-refractivity contribution in [3.05, 3.63) is 219 Å². The van der Waals surface area contributed by atoms with E-state index in [-0.39, 0.29) is 0 Å². The Hall–Kier alpha value is -7.43. The molecule has 260 valence electrons. The van der Waals surface area contributed by atoms with Crippen LogP contribution >= 0.6 is 0 Å². The second-order valence-electron chi connectivity index (χ2n) is 13.4. The highest BCUT2D eigenvalue weighted by molar-refractivity contribution is 5.82. The molecule has 0 saturated heterocycles. The molecule has 0 radical (unpaired) electrons. The molecule has 55 heavy (non-hydrogen) atoms. The minimum Gasteiger partial charge on any atom is -0.311 e. The van der Waals surface area contributed by atoms with E-state index in [2.05, 4.69) is 165 Å². The van der Waals surface area contributed by atoms with Crippen molar-refractivity contribution in [1.82, 2.24) is 15.0 Å². The van der Waals surface area contributed by atoms with Gasteiger partial charge in [0.15, 0.2) is 0 Å². The van der Waals surface area contributed by atoms with Crippen LogP contribution in [0.5, 0.6) is 0 Å². The van der Waals surface area contributed by atoms with Crippen molar-refractivity contribution in [2.45, 2.75) is 0 Å².